The molecule has 0 unspecified atom stereocenters. The largest absolute Gasteiger partial charge is 0.497 e. The predicted octanol–water partition coefficient (Wildman–Crippen LogP) is 3.86. The van der Waals surface area contributed by atoms with Gasteiger partial charge in [-0.3, -0.25) is 19.1 Å². The zero-order chi connectivity index (χ0) is 41.7. The zero-order valence-electron chi connectivity index (χ0n) is 33.3. The van der Waals surface area contributed by atoms with Crippen LogP contribution in [0.5, 0.6) is 17.5 Å². The number of carbonyl (C=O) groups is 4. The third-order valence-corrected chi connectivity index (χ3v) is 11.9. The molecule has 4 amide bonds. The summed E-state index contributed by atoms with van der Waals surface area (Å²) in [4.78, 5) is 61.8. The van der Waals surface area contributed by atoms with E-state index in [2.05, 4.69) is 27.1 Å². The molecular formula is C39H50N6O11S. The van der Waals surface area contributed by atoms with Crippen molar-refractivity contribution in [2.45, 2.75) is 102 Å². The normalized spacial score (nSPS) is 22.6. The average molecular weight is 811 g/mol. The highest BCUT2D eigenvalue weighted by atomic mass is 32.2. The predicted molar refractivity (Wildman–Crippen MR) is 207 cm³/mol. The molecule has 3 heterocycles. The minimum atomic E-state index is -3.94. The Bertz CT molecular complexity index is 2190. The van der Waals surface area contributed by atoms with Gasteiger partial charge >= 0.3 is 6.09 Å². The van der Waals surface area contributed by atoms with Gasteiger partial charge in [0.15, 0.2) is 5.76 Å². The molecule has 308 valence electrons. The Balaban J connectivity index is 1.35. The van der Waals surface area contributed by atoms with Crippen LogP contribution < -0.4 is 29.6 Å². The Kier molecular flexibility index (Phi) is 11.0. The summed E-state index contributed by atoms with van der Waals surface area (Å²) in [5.74, 6) is -1.50. The van der Waals surface area contributed by atoms with E-state index in [1.54, 1.807) is 79.0 Å². The maximum atomic E-state index is 14.6. The molecule has 5 atom stereocenters. The highest BCUT2D eigenvalue weighted by molar-refractivity contribution is 7.91. The first kappa shape index (κ1) is 41.2. The van der Waals surface area contributed by atoms with E-state index in [1.807, 2.05) is 0 Å². The van der Waals surface area contributed by atoms with Crippen LogP contribution in [-0.2, 0) is 29.1 Å². The molecule has 2 aliphatic carbocycles. The highest BCUT2D eigenvalue weighted by Crippen LogP contribution is 2.46. The minimum absolute atomic E-state index is 0.0581. The van der Waals surface area contributed by atoms with Crippen LogP contribution in [0.15, 0.2) is 47.5 Å². The summed E-state index contributed by atoms with van der Waals surface area (Å²) in [7, 11) is -0.945. The number of sulfonamides is 1. The number of nitrogens with one attached hydrogen (secondary N) is 3. The van der Waals surface area contributed by atoms with Gasteiger partial charge in [0.2, 0.25) is 27.7 Å². The molecule has 18 heteroatoms. The second-order valence-electron chi connectivity index (χ2n) is 16.7. The number of hydrogen-bond acceptors (Lipinski definition) is 13. The van der Waals surface area contributed by atoms with Crippen LogP contribution in [0.2, 0.25) is 0 Å². The van der Waals surface area contributed by atoms with Crippen molar-refractivity contribution < 1.29 is 51.1 Å². The number of amides is 4. The van der Waals surface area contributed by atoms with E-state index in [0.717, 1.165) is 0 Å². The number of likely N-dealkylation sites (tertiary alicyclic amines) is 1. The van der Waals surface area contributed by atoms with Gasteiger partial charge in [-0.2, -0.15) is 0 Å². The molecule has 3 fully saturated rings. The van der Waals surface area contributed by atoms with Crippen molar-refractivity contribution in [3.8, 4) is 29.0 Å². The molecule has 2 aromatic heterocycles. The Labute approximate surface area is 331 Å². The van der Waals surface area contributed by atoms with Gasteiger partial charge in [-0.25, -0.2) is 18.2 Å². The number of ether oxygens (including phenoxy) is 4. The number of aromatic nitrogens is 2. The average Bonchev–Trinajstić information content (AvgIpc) is 4.02. The van der Waals surface area contributed by atoms with Crippen molar-refractivity contribution in [2.75, 3.05) is 20.8 Å². The third-order valence-electron chi connectivity index (χ3n) is 10.1. The summed E-state index contributed by atoms with van der Waals surface area (Å²) in [6.07, 6.45) is 0.750. The first-order chi connectivity index (χ1) is 26.7. The molecule has 3 aromatic rings. The smallest absolute Gasteiger partial charge is 0.408 e. The molecule has 3 aliphatic rings. The minimum Gasteiger partial charge on any atom is -0.497 e. The lowest BCUT2D eigenvalue weighted by Gasteiger charge is -2.36. The van der Waals surface area contributed by atoms with Crippen molar-refractivity contribution in [3.63, 3.8) is 0 Å². The van der Waals surface area contributed by atoms with Crippen molar-refractivity contribution in [3.05, 3.63) is 43.0 Å². The second-order valence-corrected chi connectivity index (χ2v) is 18.7. The van der Waals surface area contributed by atoms with E-state index in [-0.39, 0.29) is 36.9 Å². The van der Waals surface area contributed by atoms with Gasteiger partial charge in [0.1, 0.15) is 40.8 Å². The lowest BCUT2D eigenvalue weighted by Crippen LogP contribution is -2.60. The van der Waals surface area contributed by atoms with Crippen LogP contribution in [0.1, 0.15) is 67.2 Å². The van der Waals surface area contributed by atoms with Crippen molar-refractivity contribution in [1.82, 2.24) is 30.4 Å². The van der Waals surface area contributed by atoms with Gasteiger partial charge in [0.05, 0.1) is 32.1 Å². The van der Waals surface area contributed by atoms with E-state index >= 15 is 0 Å². The van der Waals surface area contributed by atoms with Crippen molar-refractivity contribution in [2.24, 2.45) is 11.3 Å². The summed E-state index contributed by atoms with van der Waals surface area (Å²) in [6.45, 7) is 14.0. The quantitative estimate of drug-likeness (QED) is 0.209. The monoisotopic (exact) mass is 810 g/mol. The molecule has 0 spiro atoms. The van der Waals surface area contributed by atoms with Crippen LogP contribution in [-0.4, -0.2) is 103 Å². The number of benzene rings is 1. The lowest BCUT2D eigenvalue weighted by molar-refractivity contribution is -0.143. The SMILES string of the molecule is C=C[C@@H]1C[C@]1(NC(=O)[C@@H]1C[C@@H](Oc2nc(-c3cc(OC)no3)cc3cc(OC)ccc23)CN1C(=O)[C@@H](NC(=O)OC(C)(C)C)C(C)(C)C)C(=O)NS(=O)(=O)C1CC1. The van der Waals surface area contributed by atoms with Crippen molar-refractivity contribution in [1.29, 1.82) is 0 Å². The third kappa shape index (κ3) is 8.95. The van der Waals surface area contributed by atoms with Gasteiger partial charge in [-0.1, -0.05) is 26.8 Å². The molecule has 3 N–H and O–H groups in total. The summed E-state index contributed by atoms with van der Waals surface area (Å²) in [5.41, 5.74) is -2.96. The molecule has 1 aliphatic heterocycles. The van der Waals surface area contributed by atoms with E-state index in [0.29, 0.717) is 35.1 Å². The van der Waals surface area contributed by atoms with Crippen LogP contribution in [0.3, 0.4) is 0 Å². The van der Waals surface area contributed by atoms with Crippen molar-refractivity contribution >= 4 is 44.6 Å². The number of pyridine rings is 1. The molecule has 6 rings (SSSR count). The van der Waals surface area contributed by atoms with Crippen LogP contribution in [0.25, 0.3) is 22.2 Å². The number of alkyl carbamates (subject to hydrolysis) is 1. The molecule has 1 aromatic carbocycles. The standard InChI is InChI=1S/C39H50N6O11S/c1-10-22-19-39(22,35(48)44-57(50,51)25-12-13-25)42-32(46)28-17-24(20-45(28)34(47)31(37(2,3)4)41-36(49)55-38(5,6)7)54-33-26-14-11-23(52-8)15-21(26)16-27(40-33)29-18-30(53-9)43-56-29/h10-11,14-16,18,22,24-25,28,31H,1,12-13,17,19-20H2,2-9H3,(H,41,49)(H,42,46)(H,44,48)/t22-,24-,28+,31-,39-/m1/s1. The summed E-state index contributed by atoms with van der Waals surface area (Å²) < 4.78 is 55.8. The molecule has 2 saturated carbocycles. The number of hydrogen-bond donors (Lipinski definition) is 3. The summed E-state index contributed by atoms with van der Waals surface area (Å²) in [6, 6.07) is 6.24. The topological polar surface area (TPSA) is 218 Å². The number of carbonyl (C=O) groups excluding carboxylic acids is 4. The van der Waals surface area contributed by atoms with E-state index in [1.165, 1.54) is 18.1 Å². The Morgan fingerprint density at radius 1 is 1.05 bits per heavy atom. The van der Waals surface area contributed by atoms with Crippen LogP contribution in [0.4, 0.5) is 4.79 Å². The van der Waals surface area contributed by atoms with Crippen LogP contribution in [0, 0.1) is 11.3 Å². The van der Waals surface area contributed by atoms with Gasteiger partial charge in [-0.05, 0) is 80.3 Å². The maximum absolute atomic E-state index is 14.6. The Morgan fingerprint density at radius 2 is 1.77 bits per heavy atom. The van der Waals surface area contributed by atoms with E-state index in [9.17, 15) is 27.6 Å². The number of rotatable bonds is 13. The fourth-order valence-electron chi connectivity index (χ4n) is 6.81. The van der Waals surface area contributed by atoms with Gasteiger partial charge in [0, 0.05) is 17.7 Å². The van der Waals surface area contributed by atoms with Crippen LogP contribution >= 0.6 is 0 Å². The summed E-state index contributed by atoms with van der Waals surface area (Å²) >= 11 is 0. The Morgan fingerprint density at radius 3 is 2.35 bits per heavy atom. The first-order valence-corrected chi connectivity index (χ1v) is 20.2. The number of nitrogens with zero attached hydrogens (tertiary/aromatic N) is 3. The fourth-order valence-corrected chi connectivity index (χ4v) is 8.18. The molecule has 17 nitrogen and oxygen atoms in total. The highest BCUT2D eigenvalue weighted by Gasteiger charge is 2.62. The molecule has 1 saturated heterocycles. The molecule has 0 radical (unpaired) electrons. The Hall–Kier alpha value is -5.39. The van der Waals surface area contributed by atoms with E-state index in [4.69, 9.17) is 28.5 Å². The van der Waals surface area contributed by atoms with Gasteiger partial charge in [-0.15, -0.1) is 6.58 Å². The van der Waals surface area contributed by atoms with E-state index < -0.39 is 79.7 Å². The first-order valence-electron chi connectivity index (χ1n) is 18.6. The molecule has 0 bridgehead atoms. The maximum Gasteiger partial charge on any atom is 0.408 e. The second kappa shape index (κ2) is 15.2. The summed E-state index contributed by atoms with van der Waals surface area (Å²) in [5, 5.41) is 9.97. The zero-order valence-corrected chi connectivity index (χ0v) is 34.2. The number of fused-ring (bicyclic) bond motifs is 1. The lowest BCUT2D eigenvalue weighted by atomic mass is 9.85. The molecular weight excluding hydrogens is 761 g/mol. The number of methoxy groups -OCH3 is 2. The molecule has 57 heavy (non-hydrogen) atoms. The van der Waals surface area contributed by atoms with Gasteiger partial charge in [0.25, 0.3) is 11.8 Å². The fraction of sp³-hybridized carbons (Fsp3) is 0.538. The van der Waals surface area contributed by atoms with Gasteiger partial charge < -0.3 is 39.0 Å².